The maximum Gasteiger partial charge on any atom is 0.410 e. The summed E-state index contributed by atoms with van der Waals surface area (Å²) in [6.07, 6.45) is 2.11. The van der Waals surface area contributed by atoms with E-state index in [-0.39, 0.29) is 17.9 Å². The minimum absolute atomic E-state index is 0.0688. The van der Waals surface area contributed by atoms with Crippen molar-refractivity contribution in [3.05, 3.63) is 0 Å². The van der Waals surface area contributed by atoms with Crippen molar-refractivity contribution in [2.24, 2.45) is 5.92 Å². The first kappa shape index (κ1) is 20.0. The summed E-state index contributed by atoms with van der Waals surface area (Å²) in [6, 6.07) is 0. The molecule has 7 nitrogen and oxygen atoms in total. The van der Waals surface area contributed by atoms with Crippen LogP contribution < -0.4 is 0 Å². The van der Waals surface area contributed by atoms with Gasteiger partial charge in [-0.25, -0.2) is 4.79 Å². The molecule has 2 heterocycles. The van der Waals surface area contributed by atoms with Crippen LogP contribution in [0.1, 0.15) is 33.1 Å². The molecule has 2 amide bonds. The number of hydrogen-bond donors (Lipinski definition) is 0. The zero-order valence-corrected chi connectivity index (χ0v) is 16.1. The van der Waals surface area contributed by atoms with Crippen LogP contribution in [0.5, 0.6) is 0 Å². The van der Waals surface area contributed by atoms with E-state index in [1.54, 1.807) is 12.0 Å². The van der Waals surface area contributed by atoms with E-state index >= 15 is 0 Å². The van der Waals surface area contributed by atoms with Crippen molar-refractivity contribution in [1.29, 1.82) is 0 Å². The number of amides is 2. The molecule has 0 aromatic heterocycles. The largest absolute Gasteiger partial charge is 0.441 e. The lowest BCUT2D eigenvalue weighted by Crippen LogP contribution is -2.50. The van der Waals surface area contributed by atoms with Gasteiger partial charge in [0.25, 0.3) is 0 Å². The Bertz CT molecular complexity index is 463. The van der Waals surface area contributed by atoms with Gasteiger partial charge in [-0.05, 0) is 13.5 Å². The monoisotopic (exact) mass is 355 g/mol. The molecule has 0 aromatic carbocycles. The second kappa shape index (κ2) is 8.85. The van der Waals surface area contributed by atoms with Gasteiger partial charge in [0.1, 0.15) is 5.60 Å². The molecule has 0 aliphatic carbocycles. The van der Waals surface area contributed by atoms with Gasteiger partial charge >= 0.3 is 6.09 Å². The number of methoxy groups -OCH3 is 1. The number of carbonyl (C=O) groups is 2. The molecule has 2 saturated heterocycles. The minimum Gasteiger partial charge on any atom is -0.441 e. The first-order valence-corrected chi connectivity index (χ1v) is 9.35. The molecule has 2 aliphatic rings. The predicted molar refractivity (Wildman–Crippen MR) is 95.4 cm³/mol. The normalized spacial score (nSPS) is 21.1. The van der Waals surface area contributed by atoms with Crippen LogP contribution in [0.25, 0.3) is 0 Å². The zero-order valence-electron chi connectivity index (χ0n) is 16.1. The summed E-state index contributed by atoms with van der Waals surface area (Å²) in [5.41, 5.74) is -0.408. The third-order valence-electron chi connectivity index (χ3n) is 5.49. The third kappa shape index (κ3) is 5.07. The van der Waals surface area contributed by atoms with Crippen LogP contribution in [0.4, 0.5) is 4.79 Å². The topological polar surface area (TPSA) is 62.3 Å². The molecular formula is C18H33N3O4. The van der Waals surface area contributed by atoms with Crippen molar-refractivity contribution >= 4 is 12.0 Å². The van der Waals surface area contributed by atoms with E-state index < -0.39 is 5.60 Å². The highest BCUT2D eigenvalue weighted by molar-refractivity contribution is 5.78. The quantitative estimate of drug-likeness (QED) is 0.659. The molecule has 0 saturated carbocycles. The number of likely N-dealkylation sites (tertiary alicyclic amines) is 1. The van der Waals surface area contributed by atoms with Crippen molar-refractivity contribution in [1.82, 2.24) is 14.7 Å². The van der Waals surface area contributed by atoms with Crippen molar-refractivity contribution in [3.63, 3.8) is 0 Å². The molecule has 0 radical (unpaired) electrons. The first-order valence-electron chi connectivity index (χ1n) is 9.35. The number of hydrogen-bond acceptors (Lipinski definition) is 5. The molecule has 0 N–H and O–H groups in total. The molecule has 0 bridgehead atoms. The van der Waals surface area contributed by atoms with Crippen molar-refractivity contribution in [3.8, 4) is 0 Å². The second-order valence-electron chi connectivity index (χ2n) is 7.40. The highest BCUT2D eigenvalue weighted by Crippen LogP contribution is 2.33. The van der Waals surface area contributed by atoms with E-state index in [1.165, 1.54) is 0 Å². The predicted octanol–water partition coefficient (Wildman–Crippen LogP) is 1.42. The van der Waals surface area contributed by atoms with Gasteiger partial charge in [-0.1, -0.05) is 13.8 Å². The van der Waals surface area contributed by atoms with Crippen molar-refractivity contribution in [2.75, 3.05) is 60.0 Å². The Balaban J connectivity index is 1.81. The number of likely N-dealkylation sites (N-methyl/N-ethyl adjacent to an activating group) is 1. The summed E-state index contributed by atoms with van der Waals surface area (Å²) < 4.78 is 10.8. The summed E-state index contributed by atoms with van der Waals surface area (Å²) in [6.45, 7) is 9.00. The van der Waals surface area contributed by atoms with E-state index in [0.29, 0.717) is 32.8 Å². The number of ether oxygens (including phenoxy) is 2. The smallest absolute Gasteiger partial charge is 0.410 e. The highest BCUT2D eigenvalue weighted by Gasteiger charge is 2.47. The number of piperidine rings is 1. The van der Waals surface area contributed by atoms with Crippen LogP contribution in [0.15, 0.2) is 0 Å². The van der Waals surface area contributed by atoms with Crippen LogP contribution in [-0.4, -0.2) is 92.3 Å². The van der Waals surface area contributed by atoms with Gasteiger partial charge in [-0.3, -0.25) is 4.79 Å². The lowest BCUT2D eigenvalue weighted by molar-refractivity contribution is -0.138. The summed E-state index contributed by atoms with van der Waals surface area (Å²) >= 11 is 0. The lowest BCUT2D eigenvalue weighted by atomic mass is 9.90. The van der Waals surface area contributed by atoms with Crippen molar-refractivity contribution in [2.45, 2.75) is 38.7 Å². The molecule has 0 aromatic rings. The summed E-state index contributed by atoms with van der Waals surface area (Å²) in [5.74, 6) is 0.289. The first-order chi connectivity index (χ1) is 11.9. The zero-order chi connectivity index (χ0) is 18.4. The van der Waals surface area contributed by atoms with Crippen LogP contribution in [0.2, 0.25) is 0 Å². The van der Waals surface area contributed by atoms with Gasteiger partial charge in [0, 0.05) is 58.6 Å². The highest BCUT2D eigenvalue weighted by atomic mass is 16.6. The van der Waals surface area contributed by atoms with Gasteiger partial charge in [-0.2, -0.15) is 0 Å². The van der Waals surface area contributed by atoms with E-state index in [4.69, 9.17) is 9.47 Å². The molecule has 1 unspecified atom stereocenters. The fourth-order valence-corrected chi connectivity index (χ4v) is 3.40. The Kier molecular flexibility index (Phi) is 7.07. The van der Waals surface area contributed by atoms with Crippen LogP contribution >= 0.6 is 0 Å². The molecule has 1 spiro atoms. The Morgan fingerprint density at radius 1 is 1.36 bits per heavy atom. The molecule has 7 heteroatoms. The van der Waals surface area contributed by atoms with E-state index in [0.717, 1.165) is 32.4 Å². The lowest BCUT2D eigenvalue weighted by Gasteiger charge is -2.38. The molecule has 144 valence electrons. The molecule has 25 heavy (non-hydrogen) atoms. The summed E-state index contributed by atoms with van der Waals surface area (Å²) in [4.78, 5) is 30.4. The maximum absolute atomic E-state index is 12.3. The summed E-state index contributed by atoms with van der Waals surface area (Å²) in [7, 11) is 3.71. The Hall–Kier alpha value is -1.34. The van der Waals surface area contributed by atoms with Gasteiger partial charge in [0.2, 0.25) is 5.91 Å². The van der Waals surface area contributed by atoms with Crippen LogP contribution in [0.3, 0.4) is 0 Å². The fourth-order valence-electron chi connectivity index (χ4n) is 3.40. The molecule has 2 fully saturated rings. The summed E-state index contributed by atoms with van der Waals surface area (Å²) in [5, 5.41) is 0. The van der Waals surface area contributed by atoms with Gasteiger partial charge in [0.05, 0.1) is 13.2 Å². The fraction of sp³-hybridized carbons (Fsp3) is 0.889. The Morgan fingerprint density at radius 2 is 2.04 bits per heavy atom. The van der Waals surface area contributed by atoms with E-state index in [9.17, 15) is 9.59 Å². The van der Waals surface area contributed by atoms with E-state index in [1.807, 2.05) is 25.8 Å². The number of rotatable bonds is 8. The third-order valence-corrected chi connectivity index (χ3v) is 5.49. The number of nitrogens with zero attached hydrogens (tertiary/aromatic N) is 3. The van der Waals surface area contributed by atoms with Crippen LogP contribution in [-0.2, 0) is 14.3 Å². The average molecular weight is 355 g/mol. The molecule has 1 atom stereocenters. The van der Waals surface area contributed by atoms with Gasteiger partial charge < -0.3 is 24.2 Å². The molecular weight excluding hydrogens is 322 g/mol. The van der Waals surface area contributed by atoms with Gasteiger partial charge in [0.15, 0.2) is 0 Å². The maximum atomic E-state index is 12.3. The molecule has 2 rings (SSSR count). The van der Waals surface area contributed by atoms with Crippen LogP contribution in [0, 0.1) is 5.92 Å². The Labute approximate surface area is 151 Å². The van der Waals surface area contributed by atoms with Crippen molar-refractivity contribution < 1.29 is 19.1 Å². The standard InChI is InChI=1S/C18H33N3O4/c1-5-15(2)16(22)20-8-6-18(7-9-20)14-21(17(23)25-18)11-10-19(3)12-13-24-4/h15H,5-14H2,1-4H3. The second-order valence-corrected chi connectivity index (χ2v) is 7.40. The average Bonchev–Trinajstić information content (AvgIpc) is 2.92. The minimum atomic E-state index is -0.408. The Morgan fingerprint density at radius 3 is 2.64 bits per heavy atom. The SMILES string of the molecule is CCC(C)C(=O)N1CCC2(CC1)CN(CCN(C)CCOC)C(=O)O2. The van der Waals surface area contributed by atoms with E-state index in [2.05, 4.69) is 4.90 Å². The molecule has 2 aliphatic heterocycles. The van der Waals surface area contributed by atoms with Gasteiger partial charge in [-0.15, -0.1) is 0 Å². The number of carbonyl (C=O) groups excluding carboxylic acids is 2.